The van der Waals surface area contributed by atoms with Crippen molar-refractivity contribution in [2.24, 2.45) is 7.05 Å². The van der Waals surface area contributed by atoms with Crippen LogP contribution in [0.2, 0.25) is 0 Å². The first-order valence-corrected chi connectivity index (χ1v) is 11.3. The van der Waals surface area contributed by atoms with E-state index in [1.807, 2.05) is 12.4 Å². The standard InChI is InChI=1S/C28H30N3/c1-18-14-19(2)20(3)25(15-18)28-24-11-7-10-23(22(24)12-13-31(28)4)27-17-29-26(16-30-27)21-8-5-6-9-21/h7,10-17,21H,5-6,8-9H2,1-4H3/q+1. The zero-order valence-electron chi connectivity index (χ0n) is 18.9. The van der Waals surface area contributed by atoms with E-state index in [0.29, 0.717) is 5.92 Å². The van der Waals surface area contributed by atoms with Crippen LogP contribution in [0.4, 0.5) is 0 Å². The highest BCUT2D eigenvalue weighted by Crippen LogP contribution is 2.36. The molecule has 1 aliphatic carbocycles. The molecule has 31 heavy (non-hydrogen) atoms. The summed E-state index contributed by atoms with van der Waals surface area (Å²) in [6.07, 6.45) is 11.3. The fourth-order valence-electron chi connectivity index (χ4n) is 5.16. The van der Waals surface area contributed by atoms with E-state index in [4.69, 9.17) is 9.97 Å². The lowest BCUT2D eigenvalue weighted by molar-refractivity contribution is -0.659. The second-order valence-electron chi connectivity index (χ2n) is 9.10. The summed E-state index contributed by atoms with van der Waals surface area (Å²) in [6.45, 7) is 6.60. The van der Waals surface area contributed by atoms with Crippen LogP contribution in [0.1, 0.15) is 54.0 Å². The van der Waals surface area contributed by atoms with Gasteiger partial charge >= 0.3 is 0 Å². The molecule has 1 saturated carbocycles. The van der Waals surface area contributed by atoms with Crippen molar-refractivity contribution < 1.29 is 4.57 Å². The maximum absolute atomic E-state index is 4.84. The number of nitrogens with zero attached hydrogens (tertiary/aromatic N) is 3. The number of rotatable bonds is 3. The van der Waals surface area contributed by atoms with Crippen LogP contribution in [-0.4, -0.2) is 9.97 Å². The third-order valence-corrected chi connectivity index (χ3v) is 6.97. The quantitative estimate of drug-likeness (QED) is 0.369. The topological polar surface area (TPSA) is 29.7 Å². The van der Waals surface area contributed by atoms with Crippen LogP contribution < -0.4 is 4.57 Å². The van der Waals surface area contributed by atoms with Crippen molar-refractivity contribution in [2.75, 3.05) is 0 Å². The minimum absolute atomic E-state index is 0.590. The zero-order chi connectivity index (χ0) is 21.5. The molecule has 0 bridgehead atoms. The van der Waals surface area contributed by atoms with Gasteiger partial charge in [0.25, 0.3) is 0 Å². The number of hydrogen-bond donors (Lipinski definition) is 0. The molecular weight excluding hydrogens is 378 g/mol. The van der Waals surface area contributed by atoms with Crippen molar-refractivity contribution in [3.05, 3.63) is 77.4 Å². The zero-order valence-corrected chi connectivity index (χ0v) is 18.9. The average molecular weight is 409 g/mol. The van der Waals surface area contributed by atoms with Crippen LogP contribution in [0, 0.1) is 20.8 Å². The molecule has 0 spiro atoms. The lowest BCUT2D eigenvalue weighted by atomic mass is 9.93. The average Bonchev–Trinajstić information content (AvgIpc) is 3.31. The molecule has 3 nitrogen and oxygen atoms in total. The largest absolute Gasteiger partial charge is 0.257 e. The second-order valence-corrected chi connectivity index (χ2v) is 9.10. The fraction of sp³-hybridized carbons (Fsp3) is 0.321. The molecule has 2 heterocycles. The summed E-state index contributed by atoms with van der Waals surface area (Å²) in [4.78, 5) is 9.66. The Kier molecular flexibility index (Phi) is 5.05. The van der Waals surface area contributed by atoms with Gasteiger partial charge in [0, 0.05) is 29.1 Å². The highest BCUT2D eigenvalue weighted by Gasteiger charge is 2.21. The van der Waals surface area contributed by atoms with Gasteiger partial charge in [-0.15, -0.1) is 0 Å². The Morgan fingerprint density at radius 1 is 0.871 bits per heavy atom. The molecule has 0 saturated heterocycles. The van der Waals surface area contributed by atoms with Crippen LogP contribution in [0.25, 0.3) is 33.3 Å². The van der Waals surface area contributed by atoms with Crippen molar-refractivity contribution in [1.82, 2.24) is 9.97 Å². The molecule has 0 unspecified atom stereocenters. The van der Waals surface area contributed by atoms with Crippen LogP contribution in [0.5, 0.6) is 0 Å². The van der Waals surface area contributed by atoms with Gasteiger partial charge in [0.05, 0.1) is 28.5 Å². The van der Waals surface area contributed by atoms with E-state index in [2.05, 4.69) is 75.0 Å². The SMILES string of the molecule is Cc1cc(C)c(C)c(-c2c3cccc(-c4cnc(C5CCCC5)cn4)c3cc[n+]2C)c1. The molecule has 3 heteroatoms. The van der Waals surface area contributed by atoms with Crippen molar-refractivity contribution in [1.29, 1.82) is 0 Å². The van der Waals surface area contributed by atoms with E-state index in [-0.39, 0.29) is 0 Å². The number of pyridine rings is 1. The Balaban J connectivity index is 1.67. The Hall–Kier alpha value is -3.07. The molecule has 1 aliphatic rings. The maximum Gasteiger partial charge on any atom is 0.220 e. The first-order chi connectivity index (χ1) is 15.0. The Labute approximate surface area is 184 Å². The van der Waals surface area contributed by atoms with Gasteiger partial charge in [-0.2, -0.15) is 0 Å². The predicted octanol–water partition coefficient (Wildman–Crippen LogP) is 6.37. The molecule has 2 aromatic heterocycles. The number of aryl methyl sites for hydroxylation is 3. The van der Waals surface area contributed by atoms with Crippen LogP contribution >= 0.6 is 0 Å². The first kappa shape index (κ1) is 19.9. The number of aromatic nitrogens is 3. The third kappa shape index (κ3) is 3.52. The highest BCUT2D eigenvalue weighted by molar-refractivity contribution is 6.01. The third-order valence-electron chi connectivity index (χ3n) is 6.97. The fourth-order valence-corrected chi connectivity index (χ4v) is 5.16. The van der Waals surface area contributed by atoms with E-state index in [9.17, 15) is 0 Å². The highest BCUT2D eigenvalue weighted by atomic mass is 14.9. The summed E-state index contributed by atoms with van der Waals surface area (Å²) in [5.41, 5.74) is 9.75. The van der Waals surface area contributed by atoms with E-state index >= 15 is 0 Å². The van der Waals surface area contributed by atoms with E-state index in [0.717, 1.165) is 17.0 Å². The van der Waals surface area contributed by atoms with Crippen molar-refractivity contribution in [3.8, 4) is 22.5 Å². The lowest BCUT2D eigenvalue weighted by Gasteiger charge is -2.13. The number of fused-ring (bicyclic) bond motifs is 1. The molecule has 1 fully saturated rings. The van der Waals surface area contributed by atoms with Gasteiger partial charge in [0.1, 0.15) is 7.05 Å². The van der Waals surface area contributed by atoms with Crippen LogP contribution in [0.3, 0.4) is 0 Å². The Morgan fingerprint density at radius 3 is 2.42 bits per heavy atom. The van der Waals surface area contributed by atoms with Gasteiger partial charge < -0.3 is 0 Å². The molecular formula is C28H30N3+. The molecule has 0 atom stereocenters. The number of hydrogen-bond acceptors (Lipinski definition) is 2. The summed E-state index contributed by atoms with van der Waals surface area (Å²) >= 11 is 0. The van der Waals surface area contributed by atoms with Gasteiger partial charge in [0.15, 0.2) is 6.20 Å². The minimum Gasteiger partial charge on any atom is -0.257 e. The molecule has 156 valence electrons. The summed E-state index contributed by atoms with van der Waals surface area (Å²) in [5.74, 6) is 0.590. The summed E-state index contributed by atoms with van der Waals surface area (Å²) in [7, 11) is 2.13. The van der Waals surface area contributed by atoms with Gasteiger partial charge in [-0.25, -0.2) is 4.57 Å². The van der Waals surface area contributed by atoms with Gasteiger partial charge in [0.2, 0.25) is 5.69 Å². The molecule has 0 radical (unpaired) electrons. The van der Waals surface area contributed by atoms with Crippen molar-refractivity contribution in [3.63, 3.8) is 0 Å². The molecule has 5 rings (SSSR count). The smallest absolute Gasteiger partial charge is 0.220 e. The summed E-state index contributed by atoms with van der Waals surface area (Å²) in [6, 6.07) is 13.3. The molecule has 0 aliphatic heterocycles. The molecule has 0 amide bonds. The van der Waals surface area contributed by atoms with E-state index in [1.165, 1.54) is 64.4 Å². The van der Waals surface area contributed by atoms with Gasteiger partial charge in [-0.3, -0.25) is 9.97 Å². The molecule has 4 aromatic rings. The lowest BCUT2D eigenvalue weighted by Crippen LogP contribution is -2.31. The van der Waals surface area contributed by atoms with E-state index < -0.39 is 0 Å². The van der Waals surface area contributed by atoms with Crippen LogP contribution in [-0.2, 0) is 7.05 Å². The maximum atomic E-state index is 4.84. The van der Waals surface area contributed by atoms with Gasteiger partial charge in [-0.05, 0) is 56.9 Å². The summed E-state index contributed by atoms with van der Waals surface area (Å²) < 4.78 is 2.24. The Morgan fingerprint density at radius 2 is 1.68 bits per heavy atom. The Bertz CT molecular complexity index is 1270. The minimum atomic E-state index is 0.590. The predicted molar refractivity (Wildman–Crippen MR) is 127 cm³/mol. The summed E-state index contributed by atoms with van der Waals surface area (Å²) in [5, 5.41) is 2.47. The van der Waals surface area contributed by atoms with Gasteiger partial charge in [-0.1, -0.05) is 36.6 Å². The van der Waals surface area contributed by atoms with E-state index in [1.54, 1.807) is 0 Å². The van der Waals surface area contributed by atoms with Crippen molar-refractivity contribution in [2.45, 2.75) is 52.4 Å². The second kappa shape index (κ2) is 7.88. The monoisotopic (exact) mass is 408 g/mol. The molecule has 0 N–H and O–H groups in total. The number of benzene rings is 2. The van der Waals surface area contributed by atoms with Crippen molar-refractivity contribution >= 4 is 10.8 Å². The molecule has 2 aromatic carbocycles. The first-order valence-electron chi connectivity index (χ1n) is 11.3. The normalized spacial score (nSPS) is 14.5. The van der Waals surface area contributed by atoms with Crippen LogP contribution in [0.15, 0.2) is 55.0 Å².